The first kappa shape index (κ1) is 15.3. The third-order valence-corrected chi connectivity index (χ3v) is 4.04. The maximum atomic E-state index is 5.82. The molecule has 0 aromatic heterocycles. The van der Waals surface area contributed by atoms with Gasteiger partial charge in [0.15, 0.2) is 0 Å². The number of ether oxygens (including phenoxy) is 1. The zero-order valence-electron chi connectivity index (χ0n) is 12.9. The summed E-state index contributed by atoms with van der Waals surface area (Å²) < 4.78 is 5.82. The van der Waals surface area contributed by atoms with E-state index in [2.05, 4.69) is 36.2 Å². The highest BCUT2D eigenvalue weighted by molar-refractivity contribution is 5.26. The molecular weight excluding hydrogens is 248 g/mol. The highest BCUT2D eigenvalue weighted by Gasteiger charge is 2.15. The van der Waals surface area contributed by atoms with Crippen LogP contribution in [0.2, 0.25) is 0 Å². The van der Waals surface area contributed by atoms with Gasteiger partial charge in [-0.25, -0.2) is 0 Å². The summed E-state index contributed by atoms with van der Waals surface area (Å²) in [6.07, 6.45) is 4.02. The highest BCUT2D eigenvalue weighted by Crippen LogP contribution is 2.12. The summed E-state index contributed by atoms with van der Waals surface area (Å²) in [5.41, 5.74) is 1.27. The van der Waals surface area contributed by atoms with Gasteiger partial charge >= 0.3 is 0 Å². The lowest BCUT2D eigenvalue weighted by molar-refractivity contribution is 0.190. The Balaban J connectivity index is 1.68. The van der Waals surface area contributed by atoms with Crippen molar-refractivity contribution in [2.75, 3.05) is 32.8 Å². The second-order valence-electron chi connectivity index (χ2n) is 5.70. The van der Waals surface area contributed by atoms with Crippen LogP contribution in [0.25, 0.3) is 0 Å². The largest absolute Gasteiger partial charge is 0.492 e. The van der Waals surface area contributed by atoms with Crippen molar-refractivity contribution in [1.82, 2.24) is 10.2 Å². The molecule has 112 valence electrons. The van der Waals surface area contributed by atoms with Crippen LogP contribution in [0.15, 0.2) is 24.3 Å². The fraction of sp³-hybridized carbons (Fsp3) is 0.647. The van der Waals surface area contributed by atoms with Gasteiger partial charge < -0.3 is 10.1 Å². The van der Waals surface area contributed by atoms with Crippen LogP contribution in [0.3, 0.4) is 0 Å². The molecule has 1 N–H and O–H groups in total. The van der Waals surface area contributed by atoms with Gasteiger partial charge in [0.25, 0.3) is 0 Å². The Labute approximate surface area is 123 Å². The average Bonchev–Trinajstić information content (AvgIpc) is 2.49. The summed E-state index contributed by atoms with van der Waals surface area (Å²) in [6, 6.07) is 8.96. The number of aryl methyl sites for hydroxylation is 1. The van der Waals surface area contributed by atoms with Crippen molar-refractivity contribution in [1.29, 1.82) is 0 Å². The summed E-state index contributed by atoms with van der Waals surface area (Å²) in [6.45, 7) is 9.52. The van der Waals surface area contributed by atoms with E-state index < -0.39 is 0 Å². The minimum absolute atomic E-state index is 0.670. The zero-order chi connectivity index (χ0) is 14.2. The normalized spacial score (nSPS) is 19.2. The van der Waals surface area contributed by atoms with Crippen LogP contribution in [-0.2, 0) is 0 Å². The lowest BCUT2D eigenvalue weighted by atomic mass is 10.0. The quantitative estimate of drug-likeness (QED) is 0.829. The summed E-state index contributed by atoms with van der Waals surface area (Å²) in [5.74, 6) is 0.974. The number of hydrogen-bond donors (Lipinski definition) is 1. The van der Waals surface area contributed by atoms with Crippen molar-refractivity contribution in [3.05, 3.63) is 29.8 Å². The van der Waals surface area contributed by atoms with E-state index in [1.165, 1.54) is 31.4 Å². The molecule has 1 aromatic rings. The van der Waals surface area contributed by atoms with Crippen LogP contribution in [0.4, 0.5) is 0 Å². The molecule has 3 heteroatoms. The van der Waals surface area contributed by atoms with Gasteiger partial charge in [-0.3, -0.25) is 4.90 Å². The van der Waals surface area contributed by atoms with Crippen molar-refractivity contribution >= 4 is 0 Å². The van der Waals surface area contributed by atoms with Crippen LogP contribution < -0.4 is 10.1 Å². The molecule has 0 aliphatic carbocycles. The third kappa shape index (κ3) is 5.14. The van der Waals surface area contributed by atoms with Crippen molar-refractivity contribution in [3.8, 4) is 5.75 Å². The van der Waals surface area contributed by atoms with E-state index in [9.17, 15) is 0 Å². The van der Waals surface area contributed by atoms with Gasteiger partial charge in [-0.2, -0.15) is 0 Å². The van der Waals surface area contributed by atoms with Gasteiger partial charge in [0.1, 0.15) is 12.4 Å². The molecule has 1 heterocycles. The molecule has 1 aromatic carbocycles. The second kappa shape index (κ2) is 8.28. The van der Waals surface area contributed by atoms with Gasteiger partial charge in [0, 0.05) is 19.1 Å². The third-order valence-electron chi connectivity index (χ3n) is 4.04. The summed E-state index contributed by atoms with van der Waals surface area (Å²) in [4.78, 5) is 2.48. The molecule has 0 saturated carbocycles. The number of piperidine rings is 1. The van der Waals surface area contributed by atoms with Crippen molar-refractivity contribution < 1.29 is 4.74 Å². The number of hydrogen-bond acceptors (Lipinski definition) is 3. The van der Waals surface area contributed by atoms with Gasteiger partial charge in [0.2, 0.25) is 0 Å². The molecule has 0 amide bonds. The first-order chi connectivity index (χ1) is 9.78. The summed E-state index contributed by atoms with van der Waals surface area (Å²) in [7, 11) is 0. The average molecular weight is 276 g/mol. The van der Waals surface area contributed by atoms with Crippen LogP contribution in [0.1, 0.15) is 31.7 Å². The molecule has 1 aliphatic heterocycles. The predicted molar refractivity (Wildman–Crippen MR) is 84.4 cm³/mol. The molecule has 1 fully saturated rings. The first-order valence-corrected chi connectivity index (χ1v) is 7.93. The molecule has 1 atom stereocenters. The number of likely N-dealkylation sites (N-methyl/N-ethyl adjacent to an activating group) is 1. The number of nitrogens with zero attached hydrogens (tertiary/aromatic N) is 1. The summed E-state index contributed by atoms with van der Waals surface area (Å²) in [5, 5.41) is 3.62. The Morgan fingerprint density at radius 2 is 2.05 bits per heavy atom. The van der Waals surface area contributed by atoms with Gasteiger partial charge in [-0.1, -0.05) is 31.0 Å². The van der Waals surface area contributed by atoms with Gasteiger partial charge in [-0.05, 0) is 45.0 Å². The van der Waals surface area contributed by atoms with Crippen LogP contribution in [-0.4, -0.2) is 43.7 Å². The van der Waals surface area contributed by atoms with E-state index >= 15 is 0 Å². The molecule has 20 heavy (non-hydrogen) atoms. The van der Waals surface area contributed by atoms with Gasteiger partial charge in [0.05, 0.1) is 0 Å². The topological polar surface area (TPSA) is 24.5 Å². The van der Waals surface area contributed by atoms with E-state index in [1.54, 1.807) is 0 Å². The molecule has 0 spiro atoms. The Kier molecular flexibility index (Phi) is 6.34. The molecule has 0 bridgehead atoms. The Hall–Kier alpha value is -1.06. The number of nitrogens with one attached hydrogen (secondary N) is 1. The standard InChI is InChI=1S/C17H28N2O/c1-3-19(14-16-6-4-5-11-18-16)12-13-20-17-9-7-15(2)8-10-17/h7-10,16,18H,3-6,11-14H2,1-2H3. The Morgan fingerprint density at radius 1 is 1.25 bits per heavy atom. The fourth-order valence-electron chi connectivity index (χ4n) is 2.70. The van der Waals surface area contributed by atoms with E-state index in [4.69, 9.17) is 4.74 Å². The smallest absolute Gasteiger partial charge is 0.119 e. The Bertz CT molecular complexity index is 371. The Morgan fingerprint density at radius 3 is 2.70 bits per heavy atom. The lowest BCUT2D eigenvalue weighted by Crippen LogP contribution is -2.44. The minimum atomic E-state index is 0.670. The number of rotatable bonds is 7. The van der Waals surface area contributed by atoms with E-state index in [0.717, 1.165) is 32.0 Å². The molecule has 2 rings (SSSR count). The van der Waals surface area contributed by atoms with Crippen molar-refractivity contribution in [2.45, 2.75) is 39.2 Å². The van der Waals surface area contributed by atoms with E-state index in [0.29, 0.717) is 6.04 Å². The van der Waals surface area contributed by atoms with Crippen molar-refractivity contribution in [2.24, 2.45) is 0 Å². The number of benzene rings is 1. The molecule has 3 nitrogen and oxygen atoms in total. The molecule has 1 unspecified atom stereocenters. The van der Waals surface area contributed by atoms with Crippen LogP contribution >= 0.6 is 0 Å². The first-order valence-electron chi connectivity index (χ1n) is 7.93. The van der Waals surface area contributed by atoms with E-state index in [-0.39, 0.29) is 0 Å². The second-order valence-corrected chi connectivity index (χ2v) is 5.70. The predicted octanol–water partition coefficient (Wildman–Crippen LogP) is 2.84. The molecule has 1 saturated heterocycles. The van der Waals surface area contributed by atoms with Crippen LogP contribution in [0, 0.1) is 6.92 Å². The lowest BCUT2D eigenvalue weighted by Gasteiger charge is -2.29. The highest BCUT2D eigenvalue weighted by atomic mass is 16.5. The summed E-state index contributed by atoms with van der Waals surface area (Å²) >= 11 is 0. The molecule has 1 aliphatic rings. The molecule has 0 radical (unpaired) electrons. The fourth-order valence-corrected chi connectivity index (χ4v) is 2.70. The maximum Gasteiger partial charge on any atom is 0.119 e. The maximum absolute atomic E-state index is 5.82. The van der Waals surface area contributed by atoms with E-state index in [1.807, 2.05) is 12.1 Å². The molecular formula is C17H28N2O. The zero-order valence-corrected chi connectivity index (χ0v) is 12.9. The van der Waals surface area contributed by atoms with Crippen LogP contribution in [0.5, 0.6) is 5.75 Å². The van der Waals surface area contributed by atoms with Crippen molar-refractivity contribution in [3.63, 3.8) is 0 Å². The SMILES string of the molecule is CCN(CCOc1ccc(C)cc1)CC1CCCCN1. The minimum Gasteiger partial charge on any atom is -0.492 e. The monoisotopic (exact) mass is 276 g/mol. The van der Waals surface area contributed by atoms with Gasteiger partial charge in [-0.15, -0.1) is 0 Å².